The molecular weight excluding hydrogens is 213 g/mol. The fraction of sp³-hybridized carbons (Fsp3) is 0.400. The van der Waals surface area contributed by atoms with Crippen molar-refractivity contribution in [3.05, 3.63) is 29.8 Å². The van der Waals surface area contributed by atoms with Gasteiger partial charge < -0.3 is 0 Å². The summed E-state index contributed by atoms with van der Waals surface area (Å²) in [6.45, 7) is 5.55. The maximum absolute atomic E-state index is 4.56. The first-order chi connectivity index (χ1) is 5.70. The minimum absolute atomic E-state index is 0.0996. The summed E-state index contributed by atoms with van der Waals surface area (Å²) in [6, 6.07) is 8.72. The molecule has 0 aromatic heterocycles. The quantitative estimate of drug-likeness (QED) is 0.590. The average molecular weight is 226 g/mol. The molecule has 0 N–H and O–H groups in total. The number of rotatable bonds is 0. The Balaban J connectivity index is 2.60. The Labute approximate surface area is 79.1 Å². The van der Waals surface area contributed by atoms with Crippen molar-refractivity contribution in [2.45, 2.75) is 19.3 Å². The van der Waals surface area contributed by atoms with Gasteiger partial charge in [-0.15, -0.1) is 0 Å². The van der Waals surface area contributed by atoms with E-state index in [-0.39, 0.29) is 20.2 Å². The summed E-state index contributed by atoms with van der Waals surface area (Å²) in [4.78, 5) is 0. The molecule has 1 nitrogen and oxygen atoms in total. The van der Waals surface area contributed by atoms with Crippen LogP contribution in [0.1, 0.15) is 19.4 Å². The molecule has 1 heterocycles. The van der Waals surface area contributed by atoms with Crippen LogP contribution in [0, 0.1) is 0 Å². The molecule has 0 unspecified atom stereocenters. The van der Waals surface area contributed by atoms with Gasteiger partial charge >= 0.3 is 78.8 Å². The van der Waals surface area contributed by atoms with E-state index in [1.165, 1.54) is 10.0 Å². The van der Waals surface area contributed by atoms with Crippen LogP contribution in [-0.2, 0) is 5.41 Å². The molecule has 0 saturated carbocycles. The van der Waals surface area contributed by atoms with Crippen LogP contribution in [0.4, 0.5) is 0 Å². The molecule has 0 atom stereocenters. The van der Waals surface area contributed by atoms with Crippen molar-refractivity contribution in [3.63, 3.8) is 0 Å². The van der Waals surface area contributed by atoms with Gasteiger partial charge in [0.25, 0.3) is 0 Å². The van der Waals surface area contributed by atoms with E-state index < -0.39 is 0 Å². The van der Waals surface area contributed by atoms with E-state index in [1.54, 1.807) is 0 Å². The van der Waals surface area contributed by atoms with Gasteiger partial charge in [0.15, 0.2) is 0 Å². The summed E-state index contributed by atoms with van der Waals surface area (Å²) in [5.41, 5.74) is 1.78. The Morgan fingerprint density at radius 3 is 2.83 bits per heavy atom. The summed E-state index contributed by atoms with van der Waals surface area (Å²) in [7, 11) is 0. The molecule has 1 aliphatic heterocycles. The van der Waals surface area contributed by atoms with Crippen LogP contribution < -0.4 is 4.46 Å². The van der Waals surface area contributed by atoms with E-state index in [4.69, 9.17) is 0 Å². The molecule has 0 saturated heterocycles. The summed E-state index contributed by atoms with van der Waals surface area (Å²) in [5.74, 6) is 0. The first-order valence-electron chi connectivity index (χ1n) is 4.17. The molecular formula is C10H13NSe. The number of hydrogen-bond donors (Lipinski definition) is 0. The molecule has 0 radical (unpaired) electrons. The summed E-state index contributed by atoms with van der Waals surface area (Å²) < 4.78 is 6.06. The minimum atomic E-state index is 0.0996. The van der Waals surface area contributed by atoms with Crippen LogP contribution in [0.2, 0.25) is 0 Å². The topological polar surface area (TPSA) is 12.4 Å². The molecule has 12 heavy (non-hydrogen) atoms. The maximum atomic E-state index is 4.56. The van der Waals surface area contributed by atoms with Crippen molar-refractivity contribution in [3.8, 4) is 0 Å². The van der Waals surface area contributed by atoms with Crippen molar-refractivity contribution < 1.29 is 0 Å². The Hall–Kier alpha value is -0.461. The van der Waals surface area contributed by atoms with Crippen LogP contribution in [-0.4, -0.2) is 21.3 Å². The van der Waals surface area contributed by atoms with Gasteiger partial charge in [0.1, 0.15) is 0 Å². The van der Waals surface area contributed by atoms with Crippen LogP contribution >= 0.6 is 0 Å². The van der Waals surface area contributed by atoms with Crippen molar-refractivity contribution in [1.82, 2.24) is 0 Å². The number of benzene rings is 1. The zero-order chi connectivity index (χ0) is 8.60. The van der Waals surface area contributed by atoms with Crippen LogP contribution in [0.3, 0.4) is 0 Å². The molecule has 1 aromatic carbocycles. The predicted molar refractivity (Wildman–Crippen MR) is 53.5 cm³/mol. The van der Waals surface area contributed by atoms with E-state index >= 15 is 0 Å². The first kappa shape index (κ1) is 8.15. The molecule has 64 valence electrons. The van der Waals surface area contributed by atoms with Crippen molar-refractivity contribution >= 4 is 19.2 Å². The van der Waals surface area contributed by atoms with Crippen LogP contribution in [0.15, 0.2) is 28.2 Å². The standard InChI is InChI=1S/C10H13NSe/c1-10(2)7-11-12-9-6-4-3-5-8(9)10/h3-6,12H,7H2,1-2H3. The van der Waals surface area contributed by atoms with Gasteiger partial charge in [-0.1, -0.05) is 0 Å². The molecule has 2 heteroatoms. The summed E-state index contributed by atoms with van der Waals surface area (Å²) in [6.07, 6.45) is 0. The second kappa shape index (κ2) is 2.79. The molecule has 2 rings (SSSR count). The van der Waals surface area contributed by atoms with Gasteiger partial charge in [0.2, 0.25) is 0 Å². The molecule has 0 spiro atoms. The molecule has 1 aromatic rings. The molecule has 1 aliphatic rings. The fourth-order valence-electron chi connectivity index (χ4n) is 1.51. The summed E-state index contributed by atoms with van der Waals surface area (Å²) in [5, 5.41) is 0. The van der Waals surface area contributed by atoms with E-state index in [0.717, 1.165) is 6.54 Å². The van der Waals surface area contributed by atoms with Gasteiger partial charge in [0.05, 0.1) is 0 Å². The Kier molecular flexibility index (Phi) is 1.90. The van der Waals surface area contributed by atoms with Gasteiger partial charge in [-0.3, -0.25) is 0 Å². The third-order valence-electron chi connectivity index (χ3n) is 2.28. The van der Waals surface area contributed by atoms with Crippen molar-refractivity contribution in [2.75, 3.05) is 6.54 Å². The van der Waals surface area contributed by atoms with E-state index in [2.05, 4.69) is 42.1 Å². The number of fused-ring (bicyclic) bond motifs is 1. The molecule has 0 fully saturated rings. The van der Waals surface area contributed by atoms with E-state index in [0.29, 0.717) is 0 Å². The predicted octanol–water partition coefficient (Wildman–Crippen LogP) is 1.22. The summed E-state index contributed by atoms with van der Waals surface area (Å²) >= 11 is 0.0996. The Bertz CT molecular complexity index is 328. The molecule has 0 aliphatic carbocycles. The fourth-order valence-corrected chi connectivity index (χ4v) is 4.05. The SMILES string of the molecule is CC1(C)CN=[SeH]c2ccccc21. The van der Waals surface area contributed by atoms with E-state index in [9.17, 15) is 0 Å². The third-order valence-corrected chi connectivity index (χ3v) is 4.14. The zero-order valence-electron chi connectivity index (χ0n) is 7.41. The van der Waals surface area contributed by atoms with Gasteiger partial charge in [-0.2, -0.15) is 0 Å². The number of hydrogen-bond acceptors (Lipinski definition) is 1. The zero-order valence-corrected chi connectivity index (χ0v) is 9.29. The van der Waals surface area contributed by atoms with Gasteiger partial charge in [-0.25, -0.2) is 0 Å². The van der Waals surface area contributed by atoms with E-state index in [1.807, 2.05) is 0 Å². The van der Waals surface area contributed by atoms with Crippen molar-refractivity contribution in [2.24, 2.45) is 3.96 Å². The second-order valence-electron chi connectivity index (χ2n) is 3.80. The molecule has 0 bridgehead atoms. The first-order valence-corrected chi connectivity index (χ1v) is 5.95. The van der Waals surface area contributed by atoms with Gasteiger partial charge in [-0.05, 0) is 0 Å². The van der Waals surface area contributed by atoms with Crippen LogP contribution in [0.25, 0.3) is 0 Å². The second-order valence-corrected chi connectivity index (χ2v) is 5.82. The van der Waals surface area contributed by atoms with Crippen molar-refractivity contribution in [1.29, 1.82) is 0 Å². The van der Waals surface area contributed by atoms with Gasteiger partial charge in [0, 0.05) is 0 Å². The average Bonchev–Trinajstić information content (AvgIpc) is 2.04. The monoisotopic (exact) mass is 227 g/mol. The Morgan fingerprint density at radius 1 is 1.33 bits per heavy atom. The Morgan fingerprint density at radius 2 is 2.08 bits per heavy atom. The number of nitrogens with zero attached hydrogens (tertiary/aromatic N) is 1. The van der Waals surface area contributed by atoms with Crippen LogP contribution in [0.5, 0.6) is 0 Å². The molecule has 0 amide bonds. The third kappa shape index (κ3) is 1.26. The normalized spacial score (nSPS) is 19.5.